The summed E-state index contributed by atoms with van der Waals surface area (Å²) in [5.41, 5.74) is 0.0530. The van der Waals surface area contributed by atoms with E-state index in [0.717, 1.165) is 6.07 Å². The first-order valence-electron chi connectivity index (χ1n) is 8.52. The highest BCUT2D eigenvalue weighted by Crippen LogP contribution is 2.33. The number of carboxylic acid groups (broad SMARTS) is 1. The van der Waals surface area contributed by atoms with E-state index in [2.05, 4.69) is 0 Å². The summed E-state index contributed by atoms with van der Waals surface area (Å²) < 4.78 is 32.5. The van der Waals surface area contributed by atoms with E-state index in [4.69, 9.17) is 4.74 Å². The normalized spacial score (nSPS) is 24.5. The first kappa shape index (κ1) is 17.8. The van der Waals surface area contributed by atoms with Crippen LogP contribution in [0.3, 0.4) is 0 Å². The number of piperidine rings is 1. The van der Waals surface area contributed by atoms with Gasteiger partial charge in [-0.05, 0) is 31.2 Å². The van der Waals surface area contributed by atoms with Gasteiger partial charge >= 0.3 is 5.97 Å². The number of halogens is 2. The highest BCUT2D eigenvalue weighted by molar-refractivity contribution is 5.79. The van der Waals surface area contributed by atoms with Crippen LogP contribution >= 0.6 is 0 Å². The van der Waals surface area contributed by atoms with Crippen LogP contribution < -0.4 is 0 Å². The second-order valence-corrected chi connectivity index (χ2v) is 6.68. The second-order valence-electron chi connectivity index (χ2n) is 6.68. The monoisotopic (exact) mass is 353 g/mol. The Balaban J connectivity index is 1.56. The lowest BCUT2D eigenvalue weighted by Crippen LogP contribution is -2.43. The zero-order valence-electron chi connectivity index (χ0n) is 13.8. The molecular formula is C18H21F2NO4. The molecule has 2 heterocycles. The number of aliphatic carboxylic acids is 1. The van der Waals surface area contributed by atoms with E-state index >= 15 is 0 Å². The van der Waals surface area contributed by atoms with Crippen LogP contribution in [0, 0.1) is 23.5 Å². The number of carboxylic acids is 1. The highest BCUT2D eigenvalue weighted by Gasteiger charge is 2.40. The molecule has 136 valence electrons. The van der Waals surface area contributed by atoms with Gasteiger partial charge < -0.3 is 14.7 Å². The van der Waals surface area contributed by atoms with Crippen molar-refractivity contribution in [1.29, 1.82) is 0 Å². The Morgan fingerprint density at radius 1 is 1.20 bits per heavy atom. The standard InChI is InChI=1S/C18H21F2NO4/c19-14-3-1-2-12(16(14)20)10-15(22)21-7-4-11(5-8-21)17-13(18(23)24)6-9-25-17/h1-3,11,13,17H,4-10H2,(H,23,24)/t13?,17-/m0/s1. The van der Waals surface area contributed by atoms with E-state index in [1.54, 1.807) is 4.90 Å². The van der Waals surface area contributed by atoms with Gasteiger partial charge in [-0.1, -0.05) is 12.1 Å². The van der Waals surface area contributed by atoms with Gasteiger partial charge in [0.15, 0.2) is 11.6 Å². The number of ether oxygens (including phenoxy) is 1. The van der Waals surface area contributed by atoms with Gasteiger partial charge in [0, 0.05) is 25.3 Å². The van der Waals surface area contributed by atoms with Gasteiger partial charge in [-0.25, -0.2) is 8.78 Å². The van der Waals surface area contributed by atoms with Crippen molar-refractivity contribution in [3.8, 4) is 0 Å². The number of rotatable bonds is 4. The average molecular weight is 353 g/mol. The molecule has 0 aromatic heterocycles. The van der Waals surface area contributed by atoms with Gasteiger partial charge in [-0.3, -0.25) is 9.59 Å². The van der Waals surface area contributed by atoms with Crippen molar-refractivity contribution in [1.82, 2.24) is 4.90 Å². The molecule has 0 spiro atoms. The summed E-state index contributed by atoms with van der Waals surface area (Å²) in [5.74, 6) is -3.38. The maximum atomic E-state index is 13.7. The Morgan fingerprint density at radius 2 is 1.92 bits per heavy atom. The molecule has 1 aromatic rings. The summed E-state index contributed by atoms with van der Waals surface area (Å²) in [6.07, 6.45) is 1.37. The van der Waals surface area contributed by atoms with Crippen LogP contribution in [-0.2, 0) is 20.7 Å². The Kier molecular flexibility index (Phi) is 5.32. The molecule has 1 unspecified atom stereocenters. The van der Waals surface area contributed by atoms with E-state index in [1.165, 1.54) is 12.1 Å². The minimum atomic E-state index is -0.977. The van der Waals surface area contributed by atoms with Gasteiger partial charge in [0.05, 0.1) is 18.4 Å². The number of carbonyl (C=O) groups excluding carboxylic acids is 1. The molecule has 2 aliphatic rings. The zero-order chi connectivity index (χ0) is 18.0. The molecule has 1 N–H and O–H groups in total. The Bertz CT molecular complexity index is 658. The van der Waals surface area contributed by atoms with E-state index < -0.39 is 23.5 Å². The third-order valence-corrected chi connectivity index (χ3v) is 5.18. The fraction of sp³-hybridized carbons (Fsp3) is 0.556. The van der Waals surface area contributed by atoms with Gasteiger partial charge in [0.25, 0.3) is 0 Å². The van der Waals surface area contributed by atoms with Crippen LogP contribution in [0.2, 0.25) is 0 Å². The van der Waals surface area contributed by atoms with Crippen LogP contribution in [0.1, 0.15) is 24.8 Å². The van der Waals surface area contributed by atoms with Crippen molar-refractivity contribution in [2.45, 2.75) is 31.8 Å². The van der Waals surface area contributed by atoms with Crippen molar-refractivity contribution in [3.05, 3.63) is 35.4 Å². The Morgan fingerprint density at radius 3 is 2.60 bits per heavy atom. The summed E-state index contributed by atoms with van der Waals surface area (Å²) >= 11 is 0. The SMILES string of the molecule is O=C(O)C1CCO[C@H]1C1CCN(C(=O)Cc2cccc(F)c2F)CC1. The number of likely N-dealkylation sites (tertiary alicyclic amines) is 1. The molecule has 2 saturated heterocycles. The van der Waals surface area contributed by atoms with E-state index in [0.29, 0.717) is 39.0 Å². The minimum absolute atomic E-state index is 0.0530. The molecule has 2 fully saturated rings. The van der Waals surface area contributed by atoms with Crippen LogP contribution in [0.15, 0.2) is 18.2 Å². The Hall–Kier alpha value is -2.02. The topological polar surface area (TPSA) is 66.8 Å². The number of carbonyl (C=O) groups is 2. The quantitative estimate of drug-likeness (QED) is 0.901. The van der Waals surface area contributed by atoms with Gasteiger partial charge in [-0.15, -0.1) is 0 Å². The lowest BCUT2D eigenvalue weighted by molar-refractivity contribution is -0.145. The van der Waals surface area contributed by atoms with Crippen LogP contribution in [0.5, 0.6) is 0 Å². The summed E-state index contributed by atoms with van der Waals surface area (Å²) in [5, 5.41) is 9.26. The number of hydrogen-bond donors (Lipinski definition) is 1. The van der Waals surface area contributed by atoms with E-state index in [1.807, 2.05) is 0 Å². The van der Waals surface area contributed by atoms with Gasteiger partial charge in [-0.2, -0.15) is 0 Å². The van der Waals surface area contributed by atoms with Crippen molar-refractivity contribution in [2.75, 3.05) is 19.7 Å². The maximum Gasteiger partial charge on any atom is 0.309 e. The Labute approximate surface area is 144 Å². The highest BCUT2D eigenvalue weighted by atomic mass is 19.2. The molecule has 0 radical (unpaired) electrons. The van der Waals surface area contributed by atoms with Crippen LogP contribution in [0.4, 0.5) is 8.78 Å². The third-order valence-electron chi connectivity index (χ3n) is 5.18. The summed E-state index contributed by atoms with van der Waals surface area (Å²) in [7, 11) is 0. The molecule has 2 atom stereocenters. The van der Waals surface area contributed by atoms with E-state index in [9.17, 15) is 23.5 Å². The fourth-order valence-corrected chi connectivity index (χ4v) is 3.78. The average Bonchev–Trinajstić information content (AvgIpc) is 3.09. The number of nitrogens with zero attached hydrogens (tertiary/aromatic N) is 1. The number of hydrogen-bond acceptors (Lipinski definition) is 3. The van der Waals surface area contributed by atoms with Crippen molar-refractivity contribution >= 4 is 11.9 Å². The fourth-order valence-electron chi connectivity index (χ4n) is 3.78. The molecule has 2 aliphatic heterocycles. The first-order valence-corrected chi connectivity index (χ1v) is 8.52. The van der Waals surface area contributed by atoms with Crippen LogP contribution in [-0.4, -0.2) is 47.7 Å². The second kappa shape index (κ2) is 7.47. The molecule has 0 bridgehead atoms. The summed E-state index contributed by atoms with van der Waals surface area (Å²) in [6, 6.07) is 3.82. The first-order chi connectivity index (χ1) is 12.0. The number of amides is 1. The van der Waals surface area contributed by atoms with Gasteiger partial charge in [0.2, 0.25) is 5.91 Å². The lowest BCUT2D eigenvalue weighted by Gasteiger charge is -2.35. The van der Waals surface area contributed by atoms with Crippen molar-refractivity contribution < 1.29 is 28.2 Å². The van der Waals surface area contributed by atoms with Crippen LogP contribution in [0.25, 0.3) is 0 Å². The van der Waals surface area contributed by atoms with Crippen molar-refractivity contribution in [3.63, 3.8) is 0 Å². The molecule has 1 aromatic carbocycles. The number of benzene rings is 1. The molecule has 0 aliphatic carbocycles. The third kappa shape index (κ3) is 3.81. The zero-order valence-corrected chi connectivity index (χ0v) is 13.8. The van der Waals surface area contributed by atoms with Gasteiger partial charge in [0.1, 0.15) is 0 Å². The molecule has 3 rings (SSSR count). The molecule has 0 saturated carbocycles. The predicted octanol–water partition coefficient (Wildman–Crippen LogP) is 2.24. The molecule has 1 amide bonds. The largest absolute Gasteiger partial charge is 0.481 e. The smallest absolute Gasteiger partial charge is 0.309 e. The molecular weight excluding hydrogens is 332 g/mol. The summed E-state index contributed by atoms with van der Waals surface area (Å²) in [4.78, 5) is 25.3. The van der Waals surface area contributed by atoms with E-state index in [-0.39, 0.29) is 29.9 Å². The maximum absolute atomic E-state index is 13.7. The summed E-state index contributed by atoms with van der Waals surface area (Å²) in [6.45, 7) is 1.42. The molecule has 25 heavy (non-hydrogen) atoms. The predicted molar refractivity (Wildman–Crippen MR) is 84.8 cm³/mol. The lowest BCUT2D eigenvalue weighted by atomic mass is 9.84. The molecule has 5 nitrogen and oxygen atoms in total. The van der Waals surface area contributed by atoms with Crippen molar-refractivity contribution in [2.24, 2.45) is 11.8 Å². The minimum Gasteiger partial charge on any atom is -0.481 e. The molecule has 7 heteroatoms.